The molecule has 0 saturated carbocycles. The van der Waals surface area contributed by atoms with E-state index in [4.69, 9.17) is 61.6 Å². The fourth-order valence-electron chi connectivity index (χ4n) is 7.83. The van der Waals surface area contributed by atoms with E-state index in [1.54, 1.807) is 87.7 Å². The highest BCUT2D eigenvalue weighted by Crippen LogP contribution is 2.41. The normalized spacial score (nSPS) is 16.2. The molecule has 4 aromatic heterocycles. The van der Waals surface area contributed by atoms with Crippen LogP contribution in [0.2, 0.25) is 20.1 Å². The van der Waals surface area contributed by atoms with E-state index in [1.165, 1.54) is 0 Å². The molecular formula is C46H52Cl4F4N12O4. The molecule has 24 heteroatoms. The van der Waals surface area contributed by atoms with Crippen LogP contribution in [0.3, 0.4) is 0 Å². The number of benzene rings is 2. The maximum absolute atomic E-state index is 14.5. The lowest BCUT2D eigenvalue weighted by Crippen LogP contribution is -2.54. The molecule has 0 unspecified atom stereocenters. The number of ether oxygens (including phenoxy) is 2. The predicted molar refractivity (Wildman–Crippen MR) is 263 cm³/mol. The van der Waals surface area contributed by atoms with Gasteiger partial charge in [-0.1, -0.05) is 70.7 Å². The molecule has 2 aromatic carbocycles. The number of nitrogens with one attached hydrogen (secondary N) is 2. The summed E-state index contributed by atoms with van der Waals surface area (Å²) in [5.74, 6) is 0.0542. The van der Waals surface area contributed by atoms with Gasteiger partial charge in [0.05, 0.1) is 25.8 Å². The predicted octanol–water partition coefficient (Wildman–Crippen LogP) is 12.0. The SMILES string of the molecule is CC1(N)CCN(c2nc3n[nH]c(-c4cccc(Cl)c4Cl)c3nc2C(F)F)CC1.CC1(NC(=O)OC(C)(C)C)CCN(c2nc3c(nc2C(F)F)c(-c2cccc(Cl)c2Cl)nn3C(=O)OC(C)(C)C)CC1. The molecule has 0 aliphatic carbocycles. The summed E-state index contributed by atoms with van der Waals surface area (Å²) in [5, 5.41) is 15.2. The van der Waals surface area contributed by atoms with Gasteiger partial charge in [-0.3, -0.25) is 5.10 Å². The Morgan fingerprint density at radius 1 is 0.729 bits per heavy atom. The number of aromatic amines is 1. The molecule has 4 N–H and O–H groups in total. The van der Waals surface area contributed by atoms with Crippen molar-refractivity contribution in [3.8, 4) is 22.5 Å². The molecule has 6 heterocycles. The standard InChI is InChI=1S/C28H34Cl2F2N6O4.C18H18Cl2F2N6/c1-26(2,3)41-24(39)35-28(7)11-13-37(14-12-28)22-20(21(31)32)33-19-18(15-9-8-10-16(29)17(15)30)36-38(23(19)34-22)25(40)42-27(4,5)6;1-18(23)5-7-28(8-6-18)17-14(15(21)22)24-13-12(26-27-16(13)25-17)9-3-2-4-10(19)11(9)20/h8-10,21H,11-14H2,1-7H3,(H,35,39);2-4,15H,5-8,23H2,1H3,(H,25,26,27). The second kappa shape index (κ2) is 20.1. The van der Waals surface area contributed by atoms with Crippen molar-refractivity contribution in [3.63, 3.8) is 0 Å². The lowest BCUT2D eigenvalue weighted by atomic mass is 9.89. The van der Waals surface area contributed by atoms with Crippen LogP contribution in [-0.2, 0) is 9.47 Å². The van der Waals surface area contributed by atoms with E-state index < -0.39 is 47.5 Å². The minimum absolute atomic E-state index is 0.0529. The van der Waals surface area contributed by atoms with Crippen LogP contribution in [0.15, 0.2) is 36.4 Å². The van der Waals surface area contributed by atoms with Gasteiger partial charge in [0.25, 0.3) is 12.9 Å². The van der Waals surface area contributed by atoms with Crippen molar-refractivity contribution in [2.75, 3.05) is 36.0 Å². The zero-order valence-electron chi connectivity index (χ0n) is 39.5. The zero-order valence-corrected chi connectivity index (χ0v) is 42.6. The summed E-state index contributed by atoms with van der Waals surface area (Å²) in [6, 6.07) is 9.84. The number of nitrogens with two attached hydrogens (primary N) is 1. The summed E-state index contributed by atoms with van der Waals surface area (Å²) in [4.78, 5) is 46.5. The number of nitrogens with zero attached hydrogens (tertiary/aromatic N) is 9. The third-order valence-corrected chi connectivity index (χ3v) is 13.1. The van der Waals surface area contributed by atoms with Crippen LogP contribution in [0, 0.1) is 0 Å². The van der Waals surface area contributed by atoms with Crippen molar-refractivity contribution in [2.24, 2.45) is 5.73 Å². The molecule has 70 heavy (non-hydrogen) atoms. The van der Waals surface area contributed by atoms with Crippen molar-refractivity contribution in [1.29, 1.82) is 0 Å². The molecule has 6 aromatic rings. The molecule has 2 saturated heterocycles. The van der Waals surface area contributed by atoms with E-state index in [-0.39, 0.29) is 79.0 Å². The van der Waals surface area contributed by atoms with Gasteiger partial charge in [0.2, 0.25) is 5.65 Å². The molecule has 2 aliphatic rings. The molecular weight excluding hydrogens is 1000 g/mol. The number of piperidine rings is 2. The Labute approximate surface area is 420 Å². The Bertz CT molecular complexity index is 2920. The first-order valence-electron chi connectivity index (χ1n) is 22.2. The highest BCUT2D eigenvalue weighted by molar-refractivity contribution is 6.44. The number of carbonyl (C=O) groups is 2. The van der Waals surface area contributed by atoms with E-state index >= 15 is 0 Å². The van der Waals surface area contributed by atoms with E-state index in [2.05, 4.69) is 40.5 Å². The minimum Gasteiger partial charge on any atom is -0.444 e. The summed E-state index contributed by atoms with van der Waals surface area (Å²) < 4.78 is 68.4. The third-order valence-electron chi connectivity index (χ3n) is 11.5. The van der Waals surface area contributed by atoms with E-state index in [9.17, 15) is 27.2 Å². The second-order valence-corrected chi connectivity index (χ2v) is 21.2. The summed E-state index contributed by atoms with van der Waals surface area (Å²) >= 11 is 25.0. The van der Waals surface area contributed by atoms with Crippen molar-refractivity contribution < 1.29 is 36.6 Å². The number of hydrogen-bond donors (Lipinski definition) is 3. The van der Waals surface area contributed by atoms with Gasteiger partial charge < -0.3 is 30.3 Å². The summed E-state index contributed by atoms with van der Waals surface area (Å²) in [7, 11) is 0. The molecule has 0 spiro atoms. The van der Waals surface area contributed by atoms with Gasteiger partial charge in [-0.25, -0.2) is 47.1 Å². The van der Waals surface area contributed by atoms with Crippen LogP contribution in [0.4, 0.5) is 38.8 Å². The Kier molecular flexibility index (Phi) is 15.1. The molecule has 0 radical (unpaired) electrons. The third kappa shape index (κ3) is 11.7. The van der Waals surface area contributed by atoms with Crippen molar-refractivity contribution >= 4 is 92.6 Å². The minimum atomic E-state index is -2.99. The maximum Gasteiger partial charge on any atom is 0.437 e. The molecule has 0 bridgehead atoms. The summed E-state index contributed by atoms with van der Waals surface area (Å²) in [5.41, 5.74) is 4.33. The number of amides is 1. The number of aromatic nitrogens is 8. The van der Waals surface area contributed by atoms with Crippen molar-refractivity contribution in [1.82, 2.24) is 45.2 Å². The lowest BCUT2D eigenvalue weighted by molar-refractivity contribution is 0.0446. The Hall–Kier alpha value is -5.28. The number of hydrogen-bond acceptors (Lipinski definition) is 13. The van der Waals surface area contributed by atoms with Crippen molar-refractivity contribution in [3.05, 3.63) is 67.9 Å². The molecule has 0 atom stereocenters. The number of alkyl carbamates (subject to hydrolysis) is 1. The van der Waals surface area contributed by atoms with Gasteiger partial charge >= 0.3 is 12.2 Å². The number of halogens is 8. The summed E-state index contributed by atoms with van der Waals surface area (Å²) in [6.07, 6.45) is -4.99. The van der Waals surface area contributed by atoms with Crippen LogP contribution in [0.5, 0.6) is 0 Å². The summed E-state index contributed by atoms with van der Waals surface area (Å²) in [6.45, 7) is 15.8. The highest BCUT2D eigenvalue weighted by atomic mass is 35.5. The molecule has 8 rings (SSSR count). The smallest absolute Gasteiger partial charge is 0.437 e. The first-order valence-corrected chi connectivity index (χ1v) is 23.7. The number of rotatable bonds is 7. The Morgan fingerprint density at radius 2 is 1.23 bits per heavy atom. The number of alkyl halides is 4. The Morgan fingerprint density at radius 3 is 1.77 bits per heavy atom. The topological polar surface area (TPSA) is 195 Å². The Balaban J connectivity index is 0.000000223. The van der Waals surface area contributed by atoms with E-state index in [1.807, 2.05) is 13.8 Å². The fourth-order valence-corrected chi connectivity index (χ4v) is 8.62. The first kappa shape index (κ1) is 52.5. The fraction of sp³-hybridized carbons (Fsp3) is 0.478. The van der Waals surface area contributed by atoms with Gasteiger partial charge in [-0.2, -0.15) is 10.2 Å². The quantitative estimate of drug-likeness (QED) is 0.128. The lowest BCUT2D eigenvalue weighted by Gasteiger charge is -2.40. The number of anilines is 2. The largest absolute Gasteiger partial charge is 0.444 e. The van der Waals surface area contributed by atoms with Crippen LogP contribution in [-0.4, -0.2) is 101 Å². The molecule has 2 fully saturated rings. The second-order valence-electron chi connectivity index (χ2n) is 19.7. The van der Waals surface area contributed by atoms with Gasteiger partial charge in [-0.05, 0) is 93.2 Å². The van der Waals surface area contributed by atoms with E-state index in [0.29, 0.717) is 60.6 Å². The number of fused-ring (bicyclic) bond motifs is 2. The van der Waals surface area contributed by atoms with Crippen LogP contribution in [0.1, 0.15) is 105 Å². The van der Waals surface area contributed by atoms with Gasteiger partial charge in [-0.15, -0.1) is 4.68 Å². The van der Waals surface area contributed by atoms with Gasteiger partial charge in [0.15, 0.2) is 17.3 Å². The molecule has 16 nitrogen and oxygen atoms in total. The van der Waals surface area contributed by atoms with Crippen LogP contribution in [0.25, 0.3) is 44.8 Å². The molecule has 1 amide bonds. The maximum atomic E-state index is 14.5. The molecule has 2 aliphatic heterocycles. The average molecular weight is 1050 g/mol. The van der Waals surface area contributed by atoms with Crippen molar-refractivity contribution in [2.45, 2.75) is 116 Å². The first-order chi connectivity index (χ1) is 32.6. The van der Waals surface area contributed by atoms with Crippen LogP contribution < -0.4 is 20.9 Å². The monoisotopic (exact) mass is 1050 g/mol. The van der Waals surface area contributed by atoms with E-state index in [0.717, 1.165) is 4.68 Å². The van der Waals surface area contributed by atoms with Crippen LogP contribution >= 0.6 is 46.4 Å². The van der Waals surface area contributed by atoms with Gasteiger partial charge in [0.1, 0.15) is 39.3 Å². The molecule has 376 valence electrons. The highest BCUT2D eigenvalue weighted by Gasteiger charge is 2.37. The average Bonchev–Trinajstić information content (AvgIpc) is 3.85. The zero-order chi connectivity index (χ0) is 51.2. The number of H-pyrrole nitrogens is 1. The number of carbonyl (C=O) groups excluding carboxylic acids is 2. The van der Waals surface area contributed by atoms with Gasteiger partial charge in [0, 0.05) is 48.4 Å².